The van der Waals surface area contributed by atoms with E-state index in [0.717, 1.165) is 4.90 Å². The zero-order valence-corrected chi connectivity index (χ0v) is 10.9. The summed E-state index contributed by atoms with van der Waals surface area (Å²) in [5.74, 6) is -1.18. The molecule has 3 N–H and O–H groups in total. The van der Waals surface area contributed by atoms with Gasteiger partial charge in [-0.2, -0.15) is 0 Å². The van der Waals surface area contributed by atoms with Crippen molar-refractivity contribution in [3.8, 4) is 0 Å². The Morgan fingerprint density at radius 1 is 1.40 bits per heavy atom. The van der Waals surface area contributed by atoms with Gasteiger partial charge in [0.15, 0.2) is 6.04 Å². The minimum absolute atomic E-state index is 0.312. The van der Waals surface area contributed by atoms with Crippen LogP contribution in [0.1, 0.15) is 18.5 Å². The Morgan fingerprint density at radius 2 is 2.05 bits per heavy atom. The van der Waals surface area contributed by atoms with Crippen LogP contribution in [0.5, 0.6) is 0 Å². The molecule has 0 radical (unpaired) electrons. The molecule has 1 saturated heterocycles. The monoisotopic (exact) mass is 277 g/mol. The SMILES string of the molecule is CC1CNC(=O)N1C(=O)NC(C(=O)O)c1ccccc1. The second kappa shape index (κ2) is 5.60. The summed E-state index contributed by atoms with van der Waals surface area (Å²) in [5.41, 5.74) is 0.445. The van der Waals surface area contributed by atoms with E-state index >= 15 is 0 Å². The van der Waals surface area contributed by atoms with E-state index in [1.54, 1.807) is 37.3 Å². The lowest BCUT2D eigenvalue weighted by Gasteiger charge is -2.21. The summed E-state index contributed by atoms with van der Waals surface area (Å²) in [7, 11) is 0. The van der Waals surface area contributed by atoms with Gasteiger partial charge in [0.25, 0.3) is 0 Å². The van der Waals surface area contributed by atoms with Crippen LogP contribution in [0.4, 0.5) is 9.59 Å². The molecule has 1 aliphatic rings. The molecule has 0 spiro atoms. The zero-order valence-electron chi connectivity index (χ0n) is 10.9. The van der Waals surface area contributed by atoms with Crippen molar-refractivity contribution in [3.63, 3.8) is 0 Å². The number of imide groups is 1. The quantitative estimate of drug-likeness (QED) is 0.765. The molecule has 2 unspecified atom stereocenters. The second-order valence-corrected chi connectivity index (χ2v) is 4.54. The Hall–Kier alpha value is -2.57. The van der Waals surface area contributed by atoms with Crippen molar-refractivity contribution >= 4 is 18.0 Å². The van der Waals surface area contributed by atoms with Crippen LogP contribution in [0.2, 0.25) is 0 Å². The molecular formula is C13H15N3O4. The smallest absolute Gasteiger partial charge is 0.330 e. The number of amides is 4. The number of nitrogens with zero attached hydrogens (tertiary/aromatic N) is 1. The topological polar surface area (TPSA) is 98.7 Å². The van der Waals surface area contributed by atoms with E-state index in [2.05, 4.69) is 10.6 Å². The van der Waals surface area contributed by atoms with Crippen LogP contribution in [0.3, 0.4) is 0 Å². The van der Waals surface area contributed by atoms with Crippen LogP contribution >= 0.6 is 0 Å². The zero-order chi connectivity index (χ0) is 14.7. The molecule has 1 heterocycles. The van der Waals surface area contributed by atoms with Crippen molar-refractivity contribution in [3.05, 3.63) is 35.9 Å². The lowest BCUT2D eigenvalue weighted by molar-refractivity contribution is -0.139. The van der Waals surface area contributed by atoms with Crippen LogP contribution in [0, 0.1) is 0 Å². The lowest BCUT2D eigenvalue weighted by atomic mass is 10.1. The van der Waals surface area contributed by atoms with E-state index in [0.29, 0.717) is 12.1 Å². The fraction of sp³-hybridized carbons (Fsp3) is 0.308. The predicted octanol–water partition coefficient (Wildman–Crippen LogP) is 0.936. The molecule has 1 fully saturated rings. The summed E-state index contributed by atoms with van der Waals surface area (Å²) in [5, 5.41) is 14.1. The van der Waals surface area contributed by atoms with Gasteiger partial charge in [-0.15, -0.1) is 0 Å². The maximum atomic E-state index is 12.0. The van der Waals surface area contributed by atoms with Crippen LogP contribution in [0.15, 0.2) is 30.3 Å². The number of carboxylic acids is 1. The number of hydrogen-bond acceptors (Lipinski definition) is 3. The highest BCUT2D eigenvalue weighted by atomic mass is 16.4. The number of benzene rings is 1. The van der Waals surface area contributed by atoms with E-state index < -0.39 is 24.1 Å². The van der Waals surface area contributed by atoms with Crippen LogP contribution in [-0.2, 0) is 4.79 Å². The molecule has 1 aromatic carbocycles. The van der Waals surface area contributed by atoms with Gasteiger partial charge in [0.05, 0.1) is 6.04 Å². The minimum atomic E-state index is -1.19. The Kier molecular flexibility index (Phi) is 3.88. The first kappa shape index (κ1) is 13.9. The Bertz CT molecular complexity index is 532. The molecule has 4 amide bonds. The minimum Gasteiger partial charge on any atom is -0.479 e. The highest BCUT2D eigenvalue weighted by Gasteiger charge is 2.35. The molecule has 1 aromatic rings. The molecule has 0 aliphatic carbocycles. The van der Waals surface area contributed by atoms with Crippen LogP contribution in [-0.4, -0.2) is 40.6 Å². The number of nitrogens with one attached hydrogen (secondary N) is 2. The molecule has 2 rings (SSSR count). The van der Waals surface area contributed by atoms with Crippen LogP contribution < -0.4 is 10.6 Å². The summed E-state index contributed by atoms with van der Waals surface area (Å²) in [6.07, 6.45) is 0. The van der Waals surface area contributed by atoms with Gasteiger partial charge in [0, 0.05) is 6.54 Å². The molecule has 1 aliphatic heterocycles. The van der Waals surface area contributed by atoms with Gasteiger partial charge in [-0.05, 0) is 12.5 Å². The van der Waals surface area contributed by atoms with Gasteiger partial charge in [-0.25, -0.2) is 19.3 Å². The van der Waals surface area contributed by atoms with Crippen LogP contribution in [0.25, 0.3) is 0 Å². The highest BCUT2D eigenvalue weighted by molar-refractivity contribution is 5.97. The maximum Gasteiger partial charge on any atom is 0.330 e. The molecule has 0 saturated carbocycles. The Labute approximate surface area is 115 Å². The van der Waals surface area contributed by atoms with E-state index in [1.807, 2.05) is 0 Å². The Morgan fingerprint density at radius 3 is 2.55 bits per heavy atom. The lowest BCUT2D eigenvalue weighted by Crippen LogP contribution is -2.47. The third-order valence-electron chi connectivity index (χ3n) is 3.07. The number of carboxylic acid groups (broad SMARTS) is 1. The summed E-state index contributed by atoms with van der Waals surface area (Å²) >= 11 is 0. The van der Waals surface area contributed by atoms with Crippen molar-refractivity contribution in [2.45, 2.75) is 19.0 Å². The summed E-state index contributed by atoms with van der Waals surface area (Å²) in [6, 6.07) is 5.58. The van der Waals surface area contributed by atoms with Crippen molar-refractivity contribution in [2.24, 2.45) is 0 Å². The van der Waals surface area contributed by atoms with Crippen molar-refractivity contribution < 1.29 is 19.5 Å². The number of carbonyl (C=O) groups excluding carboxylic acids is 2. The molecule has 0 bridgehead atoms. The number of rotatable bonds is 3. The number of urea groups is 2. The predicted molar refractivity (Wildman–Crippen MR) is 70.1 cm³/mol. The molecule has 0 aromatic heterocycles. The first-order valence-corrected chi connectivity index (χ1v) is 6.16. The molecule has 2 atom stereocenters. The first-order valence-electron chi connectivity index (χ1n) is 6.16. The normalized spacial score (nSPS) is 19.4. The number of carbonyl (C=O) groups is 3. The number of aliphatic carboxylic acids is 1. The summed E-state index contributed by atoms with van der Waals surface area (Å²) in [6.45, 7) is 2.06. The largest absolute Gasteiger partial charge is 0.479 e. The van der Waals surface area contributed by atoms with Gasteiger partial charge in [-0.1, -0.05) is 30.3 Å². The Balaban J connectivity index is 2.15. The van der Waals surface area contributed by atoms with Crippen molar-refractivity contribution in [2.75, 3.05) is 6.54 Å². The molecule has 20 heavy (non-hydrogen) atoms. The fourth-order valence-corrected chi connectivity index (χ4v) is 2.03. The summed E-state index contributed by atoms with van der Waals surface area (Å²) < 4.78 is 0. The van der Waals surface area contributed by atoms with Gasteiger partial charge < -0.3 is 15.7 Å². The maximum absolute atomic E-state index is 12.0. The average molecular weight is 277 g/mol. The van der Waals surface area contributed by atoms with Gasteiger partial charge in [0.1, 0.15) is 0 Å². The van der Waals surface area contributed by atoms with E-state index in [-0.39, 0.29) is 6.04 Å². The average Bonchev–Trinajstić information content (AvgIpc) is 2.76. The molecule has 106 valence electrons. The number of hydrogen-bond donors (Lipinski definition) is 3. The standard InChI is InChI=1S/C13H15N3O4/c1-8-7-14-12(19)16(8)13(20)15-10(11(17)18)9-5-3-2-4-6-9/h2-6,8,10H,7H2,1H3,(H,14,19)(H,15,20)(H,17,18). The summed E-state index contributed by atoms with van der Waals surface area (Å²) in [4.78, 5) is 35.8. The highest BCUT2D eigenvalue weighted by Crippen LogP contribution is 2.15. The van der Waals surface area contributed by atoms with E-state index in [1.165, 1.54) is 0 Å². The third-order valence-corrected chi connectivity index (χ3v) is 3.07. The fourth-order valence-electron chi connectivity index (χ4n) is 2.03. The first-order chi connectivity index (χ1) is 9.50. The van der Waals surface area contributed by atoms with Gasteiger partial charge in [-0.3, -0.25) is 0 Å². The van der Waals surface area contributed by atoms with Crippen molar-refractivity contribution in [1.29, 1.82) is 0 Å². The molecule has 7 nitrogen and oxygen atoms in total. The molecule has 7 heteroatoms. The molecular weight excluding hydrogens is 262 g/mol. The van der Waals surface area contributed by atoms with Gasteiger partial charge >= 0.3 is 18.0 Å². The van der Waals surface area contributed by atoms with Gasteiger partial charge in [0.2, 0.25) is 0 Å². The van der Waals surface area contributed by atoms with E-state index in [4.69, 9.17) is 0 Å². The van der Waals surface area contributed by atoms with E-state index in [9.17, 15) is 19.5 Å². The third kappa shape index (κ3) is 2.71. The second-order valence-electron chi connectivity index (χ2n) is 4.54. The van der Waals surface area contributed by atoms with Crippen molar-refractivity contribution in [1.82, 2.24) is 15.5 Å².